The number of piperidine rings is 1. The largest absolute Gasteiger partial charge is 0.378 e. The van der Waals surface area contributed by atoms with Crippen molar-refractivity contribution >= 4 is 0 Å². The molecule has 0 aromatic rings. The van der Waals surface area contributed by atoms with E-state index in [4.69, 9.17) is 4.74 Å². The minimum Gasteiger partial charge on any atom is -0.378 e. The van der Waals surface area contributed by atoms with E-state index in [9.17, 15) is 0 Å². The van der Waals surface area contributed by atoms with Gasteiger partial charge in [-0.25, -0.2) is 0 Å². The molecule has 0 aromatic carbocycles. The first-order valence-electron chi connectivity index (χ1n) is 7.42. The monoisotopic (exact) mass is 240 g/mol. The van der Waals surface area contributed by atoms with Gasteiger partial charge < -0.3 is 15.4 Å². The molecule has 3 nitrogen and oxygen atoms in total. The SMILES string of the molecule is CCC1(NCCCOC2CCNCC2)CCC1. The molecule has 1 aliphatic carbocycles. The number of rotatable bonds is 7. The van der Waals surface area contributed by atoms with Gasteiger partial charge in [0, 0.05) is 12.1 Å². The molecule has 2 N–H and O–H groups in total. The van der Waals surface area contributed by atoms with Crippen LogP contribution in [0.3, 0.4) is 0 Å². The first-order chi connectivity index (χ1) is 8.35. The zero-order valence-corrected chi connectivity index (χ0v) is 11.3. The van der Waals surface area contributed by atoms with Gasteiger partial charge in [-0.2, -0.15) is 0 Å². The molecule has 1 aliphatic heterocycles. The number of hydrogen-bond acceptors (Lipinski definition) is 3. The first kappa shape index (κ1) is 13.3. The van der Waals surface area contributed by atoms with Gasteiger partial charge in [-0.3, -0.25) is 0 Å². The van der Waals surface area contributed by atoms with Gasteiger partial charge in [0.1, 0.15) is 0 Å². The summed E-state index contributed by atoms with van der Waals surface area (Å²) in [5, 5.41) is 7.09. The average Bonchev–Trinajstić information content (AvgIpc) is 2.33. The summed E-state index contributed by atoms with van der Waals surface area (Å²) in [7, 11) is 0. The van der Waals surface area contributed by atoms with E-state index in [1.807, 2.05) is 0 Å². The zero-order chi connectivity index (χ0) is 12.0. The molecule has 2 fully saturated rings. The van der Waals surface area contributed by atoms with Gasteiger partial charge in [-0.15, -0.1) is 0 Å². The minimum absolute atomic E-state index is 0.495. The second-order valence-electron chi connectivity index (χ2n) is 5.59. The predicted molar refractivity (Wildman–Crippen MR) is 71.3 cm³/mol. The molecule has 0 atom stereocenters. The van der Waals surface area contributed by atoms with Gasteiger partial charge >= 0.3 is 0 Å². The van der Waals surface area contributed by atoms with Crippen molar-refractivity contribution in [2.75, 3.05) is 26.2 Å². The van der Waals surface area contributed by atoms with Crippen molar-refractivity contribution in [3.05, 3.63) is 0 Å². The molecule has 0 amide bonds. The highest BCUT2D eigenvalue weighted by Gasteiger charge is 2.33. The van der Waals surface area contributed by atoms with Crippen LogP contribution < -0.4 is 10.6 Å². The molecule has 0 spiro atoms. The lowest BCUT2D eigenvalue weighted by atomic mass is 9.75. The molecular formula is C14H28N2O. The van der Waals surface area contributed by atoms with E-state index in [0.29, 0.717) is 11.6 Å². The molecule has 0 unspecified atom stereocenters. The van der Waals surface area contributed by atoms with Crippen LogP contribution in [0.4, 0.5) is 0 Å². The van der Waals surface area contributed by atoms with Crippen LogP contribution in [-0.2, 0) is 4.74 Å². The van der Waals surface area contributed by atoms with Crippen molar-refractivity contribution in [1.29, 1.82) is 0 Å². The van der Waals surface area contributed by atoms with E-state index < -0.39 is 0 Å². The molecule has 3 heteroatoms. The summed E-state index contributed by atoms with van der Waals surface area (Å²) in [6.45, 7) is 6.61. The van der Waals surface area contributed by atoms with Crippen LogP contribution in [0.5, 0.6) is 0 Å². The summed E-state index contributed by atoms with van der Waals surface area (Å²) in [6, 6.07) is 0. The number of hydrogen-bond donors (Lipinski definition) is 2. The maximum atomic E-state index is 5.90. The molecule has 1 saturated heterocycles. The molecule has 2 rings (SSSR count). The Hall–Kier alpha value is -0.120. The van der Waals surface area contributed by atoms with Gasteiger partial charge in [0.2, 0.25) is 0 Å². The molecule has 1 heterocycles. The Morgan fingerprint density at radius 3 is 2.65 bits per heavy atom. The zero-order valence-electron chi connectivity index (χ0n) is 11.3. The number of ether oxygens (including phenoxy) is 1. The predicted octanol–water partition coefficient (Wildman–Crippen LogP) is 2.07. The van der Waals surface area contributed by atoms with E-state index in [2.05, 4.69) is 17.6 Å². The number of nitrogens with one attached hydrogen (secondary N) is 2. The topological polar surface area (TPSA) is 33.3 Å². The van der Waals surface area contributed by atoms with Crippen LogP contribution in [0.15, 0.2) is 0 Å². The van der Waals surface area contributed by atoms with Crippen LogP contribution in [0, 0.1) is 0 Å². The highest BCUT2D eigenvalue weighted by molar-refractivity contribution is 4.94. The highest BCUT2D eigenvalue weighted by Crippen LogP contribution is 2.34. The fourth-order valence-electron chi connectivity index (χ4n) is 2.90. The van der Waals surface area contributed by atoms with E-state index in [0.717, 1.165) is 32.7 Å². The van der Waals surface area contributed by atoms with Gasteiger partial charge in [0.05, 0.1) is 6.10 Å². The van der Waals surface area contributed by atoms with Crippen LogP contribution in [0.2, 0.25) is 0 Å². The highest BCUT2D eigenvalue weighted by atomic mass is 16.5. The third-order valence-corrected chi connectivity index (χ3v) is 4.45. The normalized spacial score (nSPS) is 24.5. The lowest BCUT2D eigenvalue weighted by Crippen LogP contribution is -2.50. The standard InChI is InChI=1S/C14H28N2O/c1-2-14(7-3-8-14)16-9-4-12-17-13-5-10-15-11-6-13/h13,15-16H,2-12H2,1H3. The Labute approximate surface area is 106 Å². The van der Waals surface area contributed by atoms with Crippen LogP contribution in [-0.4, -0.2) is 37.9 Å². The van der Waals surface area contributed by atoms with Gasteiger partial charge in [0.15, 0.2) is 0 Å². The third kappa shape index (κ3) is 3.94. The van der Waals surface area contributed by atoms with Crippen molar-refractivity contribution in [2.45, 2.75) is 63.5 Å². The molecule has 1 saturated carbocycles. The van der Waals surface area contributed by atoms with Crippen LogP contribution >= 0.6 is 0 Å². The average molecular weight is 240 g/mol. The Balaban J connectivity index is 1.48. The quantitative estimate of drug-likeness (QED) is 0.668. The molecule has 2 aliphatic rings. The first-order valence-corrected chi connectivity index (χ1v) is 7.42. The Morgan fingerprint density at radius 1 is 1.29 bits per heavy atom. The Kier molecular flexibility index (Phi) is 5.26. The Bertz CT molecular complexity index is 205. The third-order valence-electron chi connectivity index (χ3n) is 4.45. The maximum absolute atomic E-state index is 5.90. The van der Waals surface area contributed by atoms with Gasteiger partial charge in [-0.05, 0) is 64.6 Å². The Morgan fingerprint density at radius 2 is 2.06 bits per heavy atom. The smallest absolute Gasteiger partial charge is 0.0599 e. The molecule has 0 bridgehead atoms. The van der Waals surface area contributed by atoms with Crippen molar-refractivity contribution in [1.82, 2.24) is 10.6 Å². The van der Waals surface area contributed by atoms with E-state index in [-0.39, 0.29) is 0 Å². The van der Waals surface area contributed by atoms with Gasteiger partial charge in [0.25, 0.3) is 0 Å². The van der Waals surface area contributed by atoms with E-state index in [1.54, 1.807) is 0 Å². The fraction of sp³-hybridized carbons (Fsp3) is 1.00. The molecular weight excluding hydrogens is 212 g/mol. The summed E-state index contributed by atoms with van der Waals surface area (Å²) >= 11 is 0. The van der Waals surface area contributed by atoms with Crippen LogP contribution in [0.25, 0.3) is 0 Å². The lowest BCUT2D eigenvalue weighted by Gasteiger charge is -2.42. The van der Waals surface area contributed by atoms with Crippen LogP contribution in [0.1, 0.15) is 51.9 Å². The van der Waals surface area contributed by atoms with Gasteiger partial charge in [-0.1, -0.05) is 6.92 Å². The lowest BCUT2D eigenvalue weighted by molar-refractivity contribution is 0.0300. The minimum atomic E-state index is 0.495. The molecule has 100 valence electrons. The second kappa shape index (κ2) is 6.72. The van der Waals surface area contributed by atoms with Crippen molar-refractivity contribution < 1.29 is 4.74 Å². The van der Waals surface area contributed by atoms with E-state index >= 15 is 0 Å². The molecule has 0 aromatic heterocycles. The summed E-state index contributed by atoms with van der Waals surface area (Å²) in [4.78, 5) is 0. The summed E-state index contributed by atoms with van der Waals surface area (Å²) < 4.78 is 5.90. The summed E-state index contributed by atoms with van der Waals surface area (Å²) in [5.41, 5.74) is 0.495. The summed E-state index contributed by atoms with van der Waals surface area (Å²) in [5.74, 6) is 0. The molecule has 0 radical (unpaired) electrons. The maximum Gasteiger partial charge on any atom is 0.0599 e. The van der Waals surface area contributed by atoms with E-state index in [1.165, 1.54) is 38.5 Å². The summed E-state index contributed by atoms with van der Waals surface area (Å²) in [6.07, 6.45) is 9.48. The second-order valence-corrected chi connectivity index (χ2v) is 5.59. The van der Waals surface area contributed by atoms with Crippen molar-refractivity contribution in [2.24, 2.45) is 0 Å². The molecule has 17 heavy (non-hydrogen) atoms. The van der Waals surface area contributed by atoms with Crippen molar-refractivity contribution in [3.63, 3.8) is 0 Å². The van der Waals surface area contributed by atoms with Crippen molar-refractivity contribution in [3.8, 4) is 0 Å². The fourth-order valence-corrected chi connectivity index (χ4v) is 2.90.